The number of fused-ring (bicyclic) bond motifs is 3. The predicted octanol–water partition coefficient (Wildman–Crippen LogP) is 3.72. The Kier molecular flexibility index (Phi) is 4.11. The molecule has 2 aromatic carbocycles. The molecule has 0 spiro atoms. The summed E-state index contributed by atoms with van der Waals surface area (Å²) in [6, 6.07) is 14.8. The van der Waals surface area contributed by atoms with Gasteiger partial charge in [0.05, 0.1) is 13.0 Å². The van der Waals surface area contributed by atoms with Gasteiger partial charge in [-0.15, -0.1) is 0 Å². The SMILES string of the molecule is COc1ccc2c(c1)[C@@]1(C)C=CC(=O)[C@@](C)(Cc3ccccc3)C1C(=O)C2=O. The Balaban J connectivity index is 1.92. The molecule has 0 saturated heterocycles. The van der Waals surface area contributed by atoms with Crippen molar-refractivity contribution in [3.05, 3.63) is 77.4 Å². The number of rotatable bonds is 3. The summed E-state index contributed by atoms with van der Waals surface area (Å²) in [5.74, 6) is -1.27. The Labute approximate surface area is 164 Å². The lowest BCUT2D eigenvalue weighted by molar-refractivity contribution is -0.137. The van der Waals surface area contributed by atoms with Crippen molar-refractivity contribution in [1.82, 2.24) is 0 Å². The Morgan fingerprint density at radius 2 is 1.71 bits per heavy atom. The average Bonchev–Trinajstić information content (AvgIpc) is 2.70. The number of hydrogen-bond acceptors (Lipinski definition) is 4. The summed E-state index contributed by atoms with van der Waals surface area (Å²) >= 11 is 0. The first kappa shape index (κ1) is 18.4. The van der Waals surface area contributed by atoms with Gasteiger partial charge < -0.3 is 4.74 Å². The molecule has 0 fully saturated rings. The van der Waals surface area contributed by atoms with E-state index in [1.807, 2.05) is 50.2 Å². The van der Waals surface area contributed by atoms with Crippen molar-refractivity contribution in [1.29, 1.82) is 0 Å². The first-order valence-corrected chi connectivity index (χ1v) is 9.36. The maximum atomic E-state index is 13.3. The lowest BCUT2D eigenvalue weighted by atomic mass is 9.50. The second-order valence-electron chi connectivity index (χ2n) is 8.10. The van der Waals surface area contributed by atoms with E-state index < -0.39 is 28.3 Å². The van der Waals surface area contributed by atoms with E-state index in [1.165, 1.54) is 0 Å². The third kappa shape index (κ3) is 2.48. The largest absolute Gasteiger partial charge is 0.497 e. The van der Waals surface area contributed by atoms with Gasteiger partial charge in [0.2, 0.25) is 11.6 Å². The molecule has 2 aromatic rings. The Hall–Kier alpha value is -3.01. The van der Waals surface area contributed by atoms with E-state index in [-0.39, 0.29) is 5.78 Å². The van der Waals surface area contributed by atoms with Crippen LogP contribution < -0.4 is 4.74 Å². The van der Waals surface area contributed by atoms with E-state index in [9.17, 15) is 14.4 Å². The molecule has 4 nitrogen and oxygen atoms in total. The summed E-state index contributed by atoms with van der Waals surface area (Å²) in [6.45, 7) is 3.75. The number of ketones is 3. The summed E-state index contributed by atoms with van der Waals surface area (Å²) in [7, 11) is 1.57. The molecule has 0 bridgehead atoms. The predicted molar refractivity (Wildman–Crippen MR) is 106 cm³/mol. The number of allylic oxidation sites excluding steroid dienone is 2. The van der Waals surface area contributed by atoms with Crippen LogP contribution in [0.1, 0.15) is 35.3 Å². The Morgan fingerprint density at radius 1 is 1.00 bits per heavy atom. The zero-order chi connectivity index (χ0) is 20.1. The topological polar surface area (TPSA) is 60.4 Å². The zero-order valence-corrected chi connectivity index (χ0v) is 16.2. The minimum Gasteiger partial charge on any atom is -0.497 e. The van der Waals surface area contributed by atoms with Crippen LogP contribution in [0.5, 0.6) is 5.75 Å². The molecular weight excluding hydrogens is 352 g/mol. The van der Waals surface area contributed by atoms with Gasteiger partial charge in [0.25, 0.3) is 0 Å². The van der Waals surface area contributed by atoms with E-state index in [0.29, 0.717) is 17.7 Å². The number of benzene rings is 2. The van der Waals surface area contributed by atoms with Crippen molar-refractivity contribution >= 4 is 17.3 Å². The maximum absolute atomic E-state index is 13.3. The number of carbonyl (C=O) groups is 3. The highest BCUT2D eigenvalue weighted by Crippen LogP contribution is 2.53. The van der Waals surface area contributed by atoms with Crippen molar-refractivity contribution in [2.75, 3.05) is 7.11 Å². The minimum absolute atomic E-state index is 0.119. The van der Waals surface area contributed by atoms with E-state index in [0.717, 1.165) is 11.1 Å². The number of carbonyl (C=O) groups excluding carboxylic acids is 3. The fourth-order valence-electron chi connectivity index (χ4n) is 4.91. The molecule has 0 N–H and O–H groups in total. The minimum atomic E-state index is -1.00. The molecular formula is C24H22O4. The van der Waals surface area contributed by atoms with Gasteiger partial charge in [0, 0.05) is 16.4 Å². The Morgan fingerprint density at radius 3 is 2.39 bits per heavy atom. The van der Waals surface area contributed by atoms with E-state index in [1.54, 1.807) is 31.4 Å². The summed E-state index contributed by atoms with van der Waals surface area (Å²) in [5, 5.41) is 0. The fourth-order valence-corrected chi connectivity index (χ4v) is 4.91. The van der Waals surface area contributed by atoms with Crippen LogP contribution in [0.2, 0.25) is 0 Å². The molecule has 0 saturated carbocycles. The summed E-state index contributed by atoms with van der Waals surface area (Å²) in [6.07, 6.45) is 3.76. The monoisotopic (exact) mass is 374 g/mol. The Bertz CT molecular complexity index is 1020. The second-order valence-corrected chi connectivity index (χ2v) is 8.10. The van der Waals surface area contributed by atoms with Crippen LogP contribution in [0, 0.1) is 11.3 Å². The molecule has 142 valence electrons. The van der Waals surface area contributed by atoms with Crippen LogP contribution in [0.3, 0.4) is 0 Å². The van der Waals surface area contributed by atoms with Gasteiger partial charge in [-0.3, -0.25) is 14.4 Å². The van der Waals surface area contributed by atoms with Crippen molar-refractivity contribution in [3.63, 3.8) is 0 Å². The van der Waals surface area contributed by atoms with Gasteiger partial charge in [-0.2, -0.15) is 0 Å². The van der Waals surface area contributed by atoms with Crippen LogP contribution >= 0.6 is 0 Å². The number of methoxy groups -OCH3 is 1. The summed E-state index contributed by atoms with van der Waals surface area (Å²) in [4.78, 5) is 39.2. The zero-order valence-electron chi connectivity index (χ0n) is 16.2. The summed E-state index contributed by atoms with van der Waals surface area (Å²) in [5.41, 5.74) is 0.341. The lowest BCUT2D eigenvalue weighted by Gasteiger charge is -2.50. The van der Waals surface area contributed by atoms with Crippen molar-refractivity contribution < 1.29 is 19.1 Å². The van der Waals surface area contributed by atoms with Gasteiger partial charge in [0.1, 0.15) is 5.75 Å². The first-order valence-electron chi connectivity index (χ1n) is 9.36. The molecule has 0 radical (unpaired) electrons. The second kappa shape index (κ2) is 6.26. The number of hydrogen-bond donors (Lipinski definition) is 0. The molecule has 28 heavy (non-hydrogen) atoms. The van der Waals surface area contributed by atoms with Crippen molar-refractivity contribution in [2.24, 2.45) is 11.3 Å². The van der Waals surface area contributed by atoms with Crippen LogP contribution in [-0.2, 0) is 21.4 Å². The van der Waals surface area contributed by atoms with Gasteiger partial charge >= 0.3 is 0 Å². The molecule has 0 aromatic heterocycles. The molecule has 1 unspecified atom stereocenters. The standard InChI is InChI=1S/C24H22O4/c1-23-12-11-19(25)24(2,14-15-7-5-4-6-8-15)22(23)21(27)20(26)17-10-9-16(28-3)13-18(17)23/h4-13,22H,14H2,1-3H3/t22?,23-,24-/m1/s1. The van der Waals surface area contributed by atoms with Gasteiger partial charge in [-0.1, -0.05) is 50.3 Å². The highest BCUT2D eigenvalue weighted by Gasteiger charge is 2.59. The molecule has 3 atom stereocenters. The number of Topliss-reactive ketones (excluding diaryl/α,β-unsaturated/α-hetero) is 2. The molecule has 4 rings (SSSR count). The van der Waals surface area contributed by atoms with Crippen LogP contribution in [0.15, 0.2) is 60.7 Å². The molecule has 2 aliphatic carbocycles. The van der Waals surface area contributed by atoms with Crippen molar-refractivity contribution in [2.45, 2.75) is 25.7 Å². The molecule has 0 amide bonds. The highest BCUT2D eigenvalue weighted by atomic mass is 16.5. The quantitative estimate of drug-likeness (QED) is 0.768. The smallest absolute Gasteiger partial charge is 0.229 e. The highest BCUT2D eigenvalue weighted by molar-refractivity contribution is 6.46. The van der Waals surface area contributed by atoms with Crippen molar-refractivity contribution in [3.8, 4) is 5.75 Å². The van der Waals surface area contributed by atoms with E-state index >= 15 is 0 Å². The third-order valence-electron chi connectivity index (χ3n) is 6.33. The van der Waals surface area contributed by atoms with E-state index in [2.05, 4.69) is 0 Å². The van der Waals surface area contributed by atoms with Gasteiger partial charge in [0.15, 0.2) is 5.78 Å². The third-order valence-corrected chi connectivity index (χ3v) is 6.33. The first-order chi connectivity index (χ1) is 13.3. The van der Waals surface area contributed by atoms with Crippen LogP contribution in [0.25, 0.3) is 0 Å². The fraction of sp³-hybridized carbons (Fsp3) is 0.292. The molecule has 0 heterocycles. The average molecular weight is 374 g/mol. The summed E-state index contributed by atoms with van der Waals surface area (Å²) < 4.78 is 5.35. The molecule has 4 heteroatoms. The molecule has 0 aliphatic heterocycles. The van der Waals surface area contributed by atoms with Crippen LogP contribution in [0.4, 0.5) is 0 Å². The lowest BCUT2D eigenvalue weighted by Crippen LogP contribution is -2.57. The van der Waals surface area contributed by atoms with Gasteiger partial charge in [-0.25, -0.2) is 0 Å². The molecule has 2 aliphatic rings. The normalized spacial score (nSPS) is 28.7. The number of ether oxygens (including phenoxy) is 1. The van der Waals surface area contributed by atoms with E-state index in [4.69, 9.17) is 4.74 Å². The van der Waals surface area contributed by atoms with Crippen LogP contribution in [-0.4, -0.2) is 24.5 Å². The maximum Gasteiger partial charge on any atom is 0.229 e. The van der Waals surface area contributed by atoms with Gasteiger partial charge in [-0.05, 0) is 41.8 Å².